The van der Waals surface area contributed by atoms with Gasteiger partial charge in [-0.15, -0.1) is 0 Å². The van der Waals surface area contributed by atoms with Crippen molar-refractivity contribution in [1.82, 2.24) is 14.7 Å². The summed E-state index contributed by atoms with van der Waals surface area (Å²) >= 11 is 0. The SMILES string of the molecule is O=C(O)N1CCC(Cn2nccc(CCc3ccccc3)c2=O)CC1. The van der Waals surface area contributed by atoms with Gasteiger partial charge in [-0.1, -0.05) is 30.3 Å². The van der Waals surface area contributed by atoms with Crippen molar-refractivity contribution in [2.24, 2.45) is 5.92 Å². The van der Waals surface area contributed by atoms with E-state index in [4.69, 9.17) is 5.11 Å². The minimum absolute atomic E-state index is 0.0286. The van der Waals surface area contributed by atoms with Crippen molar-refractivity contribution in [3.63, 3.8) is 0 Å². The van der Waals surface area contributed by atoms with E-state index in [9.17, 15) is 9.59 Å². The van der Waals surface area contributed by atoms with E-state index in [-0.39, 0.29) is 5.56 Å². The summed E-state index contributed by atoms with van der Waals surface area (Å²) in [6.45, 7) is 1.62. The molecule has 1 saturated heterocycles. The second kappa shape index (κ2) is 7.96. The van der Waals surface area contributed by atoms with Crippen LogP contribution < -0.4 is 5.56 Å². The minimum Gasteiger partial charge on any atom is -0.465 e. The number of nitrogens with zero attached hydrogens (tertiary/aromatic N) is 3. The lowest BCUT2D eigenvalue weighted by molar-refractivity contribution is 0.120. The van der Waals surface area contributed by atoms with Gasteiger partial charge in [0.15, 0.2) is 0 Å². The van der Waals surface area contributed by atoms with Gasteiger partial charge in [-0.2, -0.15) is 5.10 Å². The molecule has 1 aromatic carbocycles. The number of aromatic nitrogens is 2. The predicted octanol–water partition coefficient (Wildman–Crippen LogP) is 2.42. The first kappa shape index (κ1) is 17.2. The first-order chi connectivity index (χ1) is 12.1. The number of carboxylic acid groups (broad SMARTS) is 1. The summed E-state index contributed by atoms with van der Waals surface area (Å²) in [6.07, 6.45) is 3.90. The maximum atomic E-state index is 12.6. The molecule has 0 atom stereocenters. The molecule has 6 heteroatoms. The summed E-state index contributed by atoms with van der Waals surface area (Å²) < 4.78 is 1.54. The molecule has 25 heavy (non-hydrogen) atoms. The van der Waals surface area contributed by atoms with Crippen LogP contribution in [0.2, 0.25) is 0 Å². The zero-order chi connectivity index (χ0) is 17.6. The average Bonchev–Trinajstić information content (AvgIpc) is 2.64. The summed E-state index contributed by atoms with van der Waals surface area (Å²) in [5.41, 5.74) is 1.97. The highest BCUT2D eigenvalue weighted by Gasteiger charge is 2.23. The van der Waals surface area contributed by atoms with Crippen molar-refractivity contribution >= 4 is 6.09 Å². The van der Waals surface area contributed by atoms with Crippen LogP contribution in [-0.2, 0) is 19.4 Å². The van der Waals surface area contributed by atoms with Crippen LogP contribution in [0.5, 0.6) is 0 Å². The molecule has 1 aromatic heterocycles. The third-order valence-corrected chi connectivity index (χ3v) is 4.83. The summed E-state index contributed by atoms with van der Waals surface area (Å²) in [4.78, 5) is 25.0. The molecule has 0 bridgehead atoms. The number of piperidine rings is 1. The molecule has 132 valence electrons. The van der Waals surface area contributed by atoms with Gasteiger partial charge < -0.3 is 10.0 Å². The molecule has 1 amide bonds. The second-order valence-corrected chi connectivity index (χ2v) is 6.54. The van der Waals surface area contributed by atoms with Crippen molar-refractivity contribution in [1.29, 1.82) is 0 Å². The fraction of sp³-hybridized carbons (Fsp3) is 0.421. The summed E-state index contributed by atoms with van der Waals surface area (Å²) in [7, 11) is 0. The zero-order valence-electron chi connectivity index (χ0n) is 14.2. The third kappa shape index (κ3) is 4.47. The zero-order valence-corrected chi connectivity index (χ0v) is 14.2. The number of amides is 1. The standard InChI is InChI=1S/C19H23N3O3/c23-18-17(7-6-15-4-2-1-3-5-15)8-11-20-22(18)14-16-9-12-21(13-10-16)19(24)25/h1-5,8,11,16H,6-7,9-10,12-14H2,(H,24,25). The highest BCUT2D eigenvalue weighted by atomic mass is 16.4. The smallest absolute Gasteiger partial charge is 0.407 e. The fourth-order valence-electron chi connectivity index (χ4n) is 3.29. The van der Waals surface area contributed by atoms with E-state index in [1.54, 1.807) is 16.9 Å². The Balaban J connectivity index is 1.61. The van der Waals surface area contributed by atoms with Crippen molar-refractivity contribution < 1.29 is 9.90 Å². The van der Waals surface area contributed by atoms with Crippen LogP contribution in [0.15, 0.2) is 47.4 Å². The van der Waals surface area contributed by atoms with Gasteiger partial charge in [0.05, 0.1) is 0 Å². The minimum atomic E-state index is -0.864. The first-order valence-corrected chi connectivity index (χ1v) is 8.70. The van der Waals surface area contributed by atoms with Crippen LogP contribution in [0, 0.1) is 5.92 Å². The molecule has 2 heterocycles. The number of rotatable bonds is 5. The van der Waals surface area contributed by atoms with Crippen LogP contribution in [0.3, 0.4) is 0 Å². The van der Waals surface area contributed by atoms with Crippen LogP contribution in [0.4, 0.5) is 4.79 Å². The van der Waals surface area contributed by atoms with Gasteiger partial charge in [-0.05, 0) is 43.2 Å². The molecule has 1 N–H and O–H groups in total. The lowest BCUT2D eigenvalue weighted by atomic mass is 9.97. The Bertz CT molecular complexity index is 765. The number of aryl methyl sites for hydroxylation is 2. The van der Waals surface area contributed by atoms with Crippen LogP contribution in [-0.4, -0.2) is 39.0 Å². The van der Waals surface area contributed by atoms with Gasteiger partial charge in [-0.25, -0.2) is 9.48 Å². The number of carbonyl (C=O) groups is 1. The van der Waals surface area contributed by atoms with Crippen molar-refractivity contribution in [2.75, 3.05) is 13.1 Å². The molecule has 0 unspecified atom stereocenters. The van der Waals surface area contributed by atoms with E-state index in [2.05, 4.69) is 17.2 Å². The fourth-order valence-corrected chi connectivity index (χ4v) is 3.29. The van der Waals surface area contributed by atoms with E-state index in [1.807, 2.05) is 18.2 Å². The molecule has 0 spiro atoms. The van der Waals surface area contributed by atoms with Crippen molar-refractivity contribution in [2.45, 2.75) is 32.2 Å². The number of hydrogen-bond donors (Lipinski definition) is 1. The topological polar surface area (TPSA) is 75.4 Å². The van der Waals surface area contributed by atoms with Crippen molar-refractivity contribution in [3.05, 3.63) is 64.1 Å². The van der Waals surface area contributed by atoms with Gasteiger partial charge in [0.25, 0.3) is 5.56 Å². The molecule has 1 aliphatic heterocycles. The normalized spacial score (nSPS) is 15.3. The van der Waals surface area contributed by atoms with Gasteiger partial charge in [-0.3, -0.25) is 4.79 Å². The maximum Gasteiger partial charge on any atom is 0.407 e. The van der Waals surface area contributed by atoms with Crippen LogP contribution in [0.1, 0.15) is 24.0 Å². The Morgan fingerprint density at radius 1 is 1.12 bits per heavy atom. The Morgan fingerprint density at radius 3 is 2.52 bits per heavy atom. The predicted molar refractivity (Wildman–Crippen MR) is 94.7 cm³/mol. The molecule has 2 aromatic rings. The molecule has 3 rings (SSSR count). The average molecular weight is 341 g/mol. The lowest BCUT2D eigenvalue weighted by Gasteiger charge is -2.29. The number of likely N-dealkylation sites (tertiary alicyclic amines) is 1. The molecule has 0 aliphatic carbocycles. The molecular weight excluding hydrogens is 318 g/mol. The molecule has 6 nitrogen and oxygen atoms in total. The van der Waals surface area contributed by atoms with Crippen molar-refractivity contribution in [3.8, 4) is 0 Å². The van der Waals surface area contributed by atoms with Gasteiger partial charge in [0.1, 0.15) is 0 Å². The van der Waals surface area contributed by atoms with Crippen LogP contribution in [0.25, 0.3) is 0 Å². The molecule has 0 saturated carbocycles. The summed E-state index contributed by atoms with van der Waals surface area (Å²) in [5.74, 6) is 0.296. The van der Waals surface area contributed by atoms with E-state index < -0.39 is 6.09 Å². The molecule has 1 aliphatic rings. The molecular formula is C19H23N3O3. The van der Waals surface area contributed by atoms with E-state index in [1.165, 1.54) is 10.5 Å². The Morgan fingerprint density at radius 2 is 1.84 bits per heavy atom. The largest absolute Gasteiger partial charge is 0.465 e. The molecule has 0 radical (unpaired) electrons. The maximum absolute atomic E-state index is 12.6. The molecule has 1 fully saturated rings. The van der Waals surface area contributed by atoms with E-state index in [0.717, 1.165) is 24.8 Å². The second-order valence-electron chi connectivity index (χ2n) is 6.54. The van der Waals surface area contributed by atoms with Gasteiger partial charge in [0, 0.05) is 31.4 Å². The number of hydrogen-bond acceptors (Lipinski definition) is 3. The quantitative estimate of drug-likeness (QED) is 0.906. The Kier molecular flexibility index (Phi) is 5.48. The summed E-state index contributed by atoms with van der Waals surface area (Å²) in [5, 5.41) is 13.2. The van der Waals surface area contributed by atoms with Gasteiger partial charge >= 0.3 is 6.09 Å². The van der Waals surface area contributed by atoms with E-state index >= 15 is 0 Å². The highest BCUT2D eigenvalue weighted by Crippen LogP contribution is 2.18. The summed E-state index contributed by atoms with van der Waals surface area (Å²) in [6, 6.07) is 11.9. The number of benzene rings is 1. The van der Waals surface area contributed by atoms with Crippen LogP contribution >= 0.6 is 0 Å². The monoisotopic (exact) mass is 341 g/mol. The lowest BCUT2D eigenvalue weighted by Crippen LogP contribution is -2.39. The van der Waals surface area contributed by atoms with Gasteiger partial charge in [0.2, 0.25) is 0 Å². The Hall–Kier alpha value is -2.63. The Labute approximate surface area is 146 Å². The van der Waals surface area contributed by atoms with E-state index in [0.29, 0.717) is 32.0 Å². The first-order valence-electron chi connectivity index (χ1n) is 8.70. The third-order valence-electron chi connectivity index (χ3n) is 4.83. The highest BCUT2D eigenvalue weighted by molar-refractivity contribution is 5.64.